The van der Waals surface area contributed by atoms with Crippen molar-refractivity contribution in [3.63, 3.8) is 0 Å². The number of halogens is 1. The molecule has 0 atom stereocenters. The van der Waals surface area contributed by atoms with Gasteiger partial charge in [-0.2, -0.15) is 0 Å². The smallest absolute Gasteiger partial charge is 0.191 e. The van der Waals surface area contributed by atoms with Gasteiger partial charge in [0.05, 0.1) is 0 Å². The fraction of sp³-hybridized carbons (Fsp3) is 0.222. The lowest BCUT2D eigenvalue weighted by atomic mass is 10.1. The average molecular weight is 344 g/mol. The highest BCUT2D eigenvalue weighted by Crippen LogP contribution is 2.27. The number of hydrogen-bond donors (Lipinski definition) is 0. The van der Waals surface area contributed by atoms with E-state index in [0.717, 1.165) is 33.9 Å². The first-order valence-electron chi connectivity index (χ1n) is 7.55. The Labute approximate surface area is 145 Å². The maximum atomic E-state index is 6.04. The van der Waals surface area contributed by atoms with Crippen molar-refractivity contribution in [2.45, 2.75) is 31.3 Å². The standard InChI is InChI=1S/C18H18ClN3S/c1-3-22-17(15-9-7-13(2)8-10-15)20-21-18(22)23-12-14-5-4-6-16(19)11-14/h4-11H,3,12H2,1-2H3. The highest BCUT2D eigenvalue weighted by Gasteiger charge is 2.13. The molecule has 3 rings (SSSR count). The van der Waals surface area contributed by atoms with Gasteiger partial charge in [-0.15, -0.1) is 10.2 Å². The number of nitrogens with zero attached hydrogens (tertiary/aromatic N) is 3. The summed E-state index contributed by atoms with van der Waals surface area (Å²) in [6, 6.07) is 16.3. The van der Waals surface area contributed by atoms with Gasteiger partial charge in [-0.05, 0) is 31.5 Å². The Morgan fingerprint density at radius 2 is 1.87 bits per heavy atom. The zero-order valence-electron chi connectivity index (χ0n) is 13.2. The molecule has 0 radical (unpaired) electrons. The summed E-state index contributed by atoms with van der Waals surface area (Å²) >= 11 is 7.72. The third kappa shape index (κ3) is 3.77. The van der Waals surface area contributed by atoms with E-state index in [9.17, 15) is 0 Å². The van der Waals surface area contributed by atoms with E-state index in [2.05, 4.69) is 58.9 Å². The van der Waals surface area contributed by atoms with Crippen molar-refractivity contribution >= 4 is 23.4 Å². The largest absolute Gasteiger partial charge is 0.302 e. The van der Waals surface area contributed by atoms with E-state index >= 15 is 0 Å². The number of thioether (sulfide) groups is 1. The molecule has 2 aromatic carbocycles. The molecule has 0 aliphatic carbocycles. The predicted molar refractivity (Wildman–Crippen MR) is 96.9 cm³/mol. The number of hydrogen-bond acceptors (Lipinski definition) is 3. The van der Waals surface area contributed by atoms with Crippen LogP contribution in [-0.4, -0.2) is 14.8 Å². The van der Waals surface area contributed by atoms with Gasteiger partial charge in [0, 0.05) is 22.9 Å². The average Bonchev–Trinajstić information content (AvgIpc) is 2.96. The van der Waals surface area contributed by atoms with E-state index in [0.29, 0.717) is 0 Å². The number of benzene rings is 2. The SMILES string of the molecule is CCn1c(SCc2cccc(Cl)c2)nnc1-c1ccc(C)cc1. The Balaban J connectivity index is 1.82. The zero-order chi connectivity index (χ0) is 16.2. The molecule has 118 valence electrons. The van der Waals surface area contributed by atoms with Gasteiger partial charge in [0.25, 0.3) is 0 Å². The van der Waals surface area contributed by atoms with Crippen molar-refractivity contribution in [2.24, 2.45) is 0 Å². The summed E-state index contributed by atoms with van der Waals surface area (Å²) in [4.78, 5) is 0. The van der Waals surface area contributed by atoms with Gasteiger partial charge in [0.1, 0.15) is 0 Å². The molecule has 0 aliphatic rings. The van der Waals surface area contributed by atoms with E-state index in [1.54, 1.807) is 11.8 Å². The first-order chi connectivity index (χ1) is 11.2. The third-order valence-electron chi connectivity index (χ3n) is 3.60. The molecule has 5 heteroatoms. The van der Waals surface area contributed by atoms with E-state index < -0.39 is 0 Å². The number of aryl methyl sites for hydroxylation is 1. The van der Waals surface area contributed by atoms with Crippen molar-refractivity contribution in [3.8, 4) is 11.4 Å². The Morgan fingerprint density at radius 1 is 1.09 bits per heavy atom. The monoisotopic (exact) mass is 343 g/mol. The molecule has 0 aliphatic heterocycles. The van der Waals surface area contributed by atoms with E-state index in [-0.39, 0.29) is 0 Å². The summed E-state index contributed by atoms with van der Waals surface area (Å²) in [5.41, 5.74) is 3.52. The van der Waals surface area contributed by atoms with Crippen molar-refractivity contribution < 1.29 is 0 Å². The van der Waals surface area contributed by atoms with Gasteiger partial charge in [-0.25, -0.2) is 0 Å². The molecule has 3 nitrogen and oxygen atoms in total. The van der Waals surface area contributed by atoms with Crippen LogP contribution in [0.15, 0.2) is 53.7 Å². The van der Waals surface area contributed by atoms with Gasteiger partial charge in [0.2, 0.25) is 0 Å². The van der Waals surface area contributed by atoms with Crippen LogP contribution < -0.4 is 0 Å². The molecule has 1 aromatic heterocycles. The minimum Gasteiger partial charge on any atom is -0.302 e. The molecule has 0 saturated carbocycles. The Morgan fingerprint density at radius 3 is 2.57 bits per heavy atom. The van der Waals surface area contributed by atoms with E-state index in [1.807, 2.05) is 18.2 Å². The Bertz CT molecular complexity index is 796. The quantitative estimate of drug-likeness (QED) is 0.595. The number of aromatic nitrogens is 3. The maximum absolute atomic E-state index is 6.04. The third-order valence-corrected chi connectivity index (χ3v) is 4.87. The molecule has 0 fully saturated rings. The highest BCUT2D eigenvalue weighted by atomic mass is 35.5. The molecular weight excluding hydrogens is 326 g/mol. The van der Waals surface area contributed by atoms with Crippen LogP contribution in [0.3, 0.4) is 0 Å². The van der Waals surface area contributed by atoms with Crippen molar-refractivity contribution in [1.29, 1.82) is 0 Å². The van der Waals surface area contributed by atoms with Crippen LogP contribution >= 0.6 is 23.4 Å². The molecule has 0 bridgehead atoms. The minimum atomic E-state index is 0.764. The van der Waals surface area contributed by atoms with Crippen LogP contribution in [0.4, 0.5) is 0 Å². The summed E-state index contributed by atoms with van der Waals surface area (Å²) in [5.74, 6) is 1.74. The second kappa shape index (κ2) is 7.20. The van der Waals surface area contributed by atoms with Crippen LogP contribution in [0.2, 0.25) is 5.02 Å². The minimum absolute atomic E-state index is 0.764. The van der Waals surface area contributed by atoms with Crippen LogP contribution in [-0.2, 0) is 12.3 Å². The molecule has 0 unspecified atom stereocenters. The molecular formula is C18H18ClN3S. The van der Waals surface area contributed by atoms with Gasteiger partial charge < -0.3 is 4.57 Å². The fourth-order valence-corrected chi connectivity index (χ4v) is 3.53. The van der Waals surface area contributed by atoms with Gasteiger partial charge in [-0.3, -0.25) is 0 Å². The molecule has 3 aromatic rings. The summed E-state index contributed by atoms with van der Waals surface area (Å²) in [6.45, 7) is 5.04. The highest BCUT2D eigenvalue weighted by molar-refractivity contribution is 7.98. The lowest BCUT2D eigenvalue weighted by molar-refractivity contribution is 0.687. The predicted octanol–water partition coefficient (Wildman–Crippen LogP) is 5.22. The first-order valence-corrected chi connectivity index (χ1v) is 8.91. The van der Waals surface area contributed by atoms with Crippen LogP contribution in [0.25, 0.3) is 11.4 Å². The van der Waals surface area contributed by atoms with Gasteiger partial charge in [0.15, 0.2) is 11.0 Å². The van der Waals surface area contributed by atoms with Gasteiger partial charge in [-0.1, -0.05) is 65.3 Å². The van der Waals surface area contributed by atoms with E-state index in [1.165, 1.54) is 11.1 Å². The normalized spacial score (nSPS) is 10.9. The Kier molecular flexibility index (Phi) is 5.03. The zero-order valence-corrected chi connectivity index (χ0v) is 14.7. The molecule has 1 heterocycles. The second-order valence-corrected chi connectivity index (χ2v) is 6.71. The van der Waals surface area contributed by atoms with Gasteiger partial charge >= 0.3 is 0 Å². The maximum Gasteiger partial charge on any atom is 0.191 e. The molecule has 23 heavy (non-hydrogen) atoms. The first kappa shape index (κ1) is 16.1. The fourth-order valence-electron chi connectivity index (χ4n) is 2.37. The summed E-state index contributed by atoms with van der Waals surface area (Å²) < 4.78 is 2.15. The van der Waals surface area contributed by atoms with Crippen molar-refractivity contribution in [2.75, 3.05) is 0 Å². The van der Waals surface area contributed by atoms with E-state index in [4.69, 9.17) is 11.6 Å². The molecule has 0 spiro atoms. The van der Waals surface area contributed by atoms with Crippen LogP contribution in [0, 0.1) is 6.92 Å². The van der Waals surface area contributed by atoms with Crippen molar-refractivity contribution in [1.82, 2.24) is 14.8 Å². The topological polar surface area (TPSA) is 30.7 Å². The lowest BCUT2D eigenvalue weighted by Gasteiger charge is -2.08. The number of rotatable bonds is 5. The summed E-state index contributed by atoms with van der Waals surface area (Å²) in [5, 5.41) is 10.4. The molecule has 0 N–H and O–H groups in total. The summed E-state index contributed by atoms with van der Waals surface area (Å²) in [6.07, 6.45) is 0. The Hall–Kier alpha value is -1.78. The van der Waals surface area contributed by atoms with Crippen molar-refractivity contribution in [3.05, 3.63) is 64.7 Å². The summed E-state index contributed by atoms with van der Waals surface area (Å²) in [7, 11) is 0. The molecule has 0 saturated heterocycles. The van der Waals surface area contributed by atoms with Crippen LogP contribution in [0.1, 0.15) is 18.1 Å². The van der Waals surface area contributed by atoms with Crippen LogP contribution in [0.5, 0.6) is 0 Å². The lowest BCUT2D eigenvalue weighted by Crippen LogP contribution is -1.99. The molecule has 0 amide bonds. The second-order valence-electron chi connectivity index (χ2n) is 5.34.